The summed E-state index contributed by atoms with van der Waals surface area (Å²) in [6.45, 7) is 9.28. The highest BCUT2D eigenvalue weighted by Crippen LogP contribution is 2.25. The number of sulfonamides is 1. The first-order valence-electron chi connectivity index (χ1n) is 13.4. The van der Waals surface area contributed by atoms with Crippen LogP contribution in [-0.4, -0.2) is 43.8 Å². The van der Waals surface area contributed by atoms with Gasteiger partial charge in [-0.05, 0) is 63.4 Å². The quantitative estimate of drug-likeness (QED) is 0.336. The van der Waals surface area contributed by atoms with Crippen LogP contribution in [-0.2, 0) is 26.2 Å². The van der Waals surface area contributed by atoms with Gasteiger partial charge in [-0.15, -0.1) is 0 Å². The number of nitrogens with one attached hydrogen (secondary N) is 1. The Bertz CT molecular complexity index is 1340. The third-order valence-electron chi connectivity index (χ3n) is 6.79. The van der Waals surface area contributed by atoms with Gasteiger partial charge < -0.3 is 10.2 Å². The minimum Gasteiger partial charge on any atom is -0.352 e. The molecule has 0 saturated heterocycles. The summed E-state index contributed by atoms with van der Waals surface area (Å²) < 4.78 is 28.9. The van der Waals surface area contributed by atoms with Crippen molar-refractivity contribution in [3.63, 3.8) is 0 Å². The number of nitrogens with zero attached hydrogens (tertiary/aromatic N) is 2. The second-order valence-corrected chi connectivity index (χ2v) is 11.8. The number of hydrogen-bond acceptors (Lipinski definition) is 4. The molecular formula is C31H39N3O4S. The molecule has 2 amide bonds. The van der Waals surface area contributed by atoms with Crippen LogP contribution in [0.25, 0.3) is 0 Å². The molecule has 0 aliphatic heterocycles. The second-order valence-electron chi connectivity index (χ2n) is 9.91. The SMILES string of the molecule is CCC(C)NC(=O)C(CC)N(Cc1ccccc1)C(=O)CN(c1ccc(C)cc1)S(=O)(=O)c1ccc(C)cc1. The van der Waals surface area contributed by atoms with Crippen molar-refractivity contribution in [2.45, 2.75) is 71.0 Å². The van der Waals surface area contributed by atoms with E-state index < -0.39 is 28.5 Å². The van der Waals surface area contributed by atoms with Crippen molar-refractivity contribution in [3.05, 3.63) is 95.6 Å². The van der Waals surface area contributed by atoms with Gasteiger partial charge in [0.2, 0.25) is 11.8 Å². The molecule has 7 nitrogen and oxygen atoms in total. The summed E-state index contributed by atoms with van der Waals surface area (Å²) in [5, 5.41) is 2.99. The Labute approximate surface area is 232 Å². The monoisotopic (exact) mass is 549 g/mol. The van der Waals surface area contributed by atoms with E-state index in [0.717, 1.165) is 27.4 Å². The summed E-state index contributed by atoms with van der Waals surface area (Å²) in [6, 6.07) is 22.2. The number of rotatable bonds is 12. The largest absolute Gasteiger partial charge is 0.352 e. The molecule has 3 aromatic rings. The van der Waals surface area contributed by atoms with Crippen LogP contribution >= 0.6 is 0 Å². The van der Waals surface area contributed by atoms with E-state index in [1.807, 2.05) is 77.1 Å². The lowest BCUT2D eigenvalue weighted by Crippen LogP contribution is -2.53. The standard InChI is InChI=1S/C31H39N3O4S/c1-6-25(5)32-31(36)29(7-2)33(21-26-11-9-8-10-12-26)30(35)22-34(27-17-13-23(3)14-18-27)39(37,38)28-19-15-24(4)16-20-28/h8-20,25,29H,6-7,21-22H2,1-5H3,(H,32,36). The third-order valence-corrected chi connectivity index (χ3v) is 8.58. The molecule has 3 rings (SSSR count). The number of carbonyl (C=O) groups is 2. The smallest absolute Gasteiger partial charge is 0.264 e. The molecular weight excluding hydrogens is 510 g/mol. The number of benzene rings is 3. The Hall–Kier alpha value is -3.65. The van der Waals surface area contributed by atoms with Crippen LogP contribution in [0.4, 0.5) is 5.69 Å². The lowest BCUT2D eigenvalue weighted by molar-refractivity contribution is -0.140. The molecule has 2 unspecified atom stereocenters. The Balaban J connectivity index is 2.04. The minimum atomic E-state index is -4.08. The average Bonchev–Trinajstić information content (AvgIpc) is 2.92. The first-order chi connectivity index (χ1) is 18.6. The lowest BCUT2D eigenvalue weighted by atomic mass is 10.1. The summed E-state index contributed by atoms with van der Waals surface area (Å²) in [6.07, 6.45) is 1.14. The topological polar surface area (TPSA) is 86.8 Å². The zero-order valence-corrected chi connectivity index (χ0v) is 24.2. The van der Waals surface area contributed by atoms with E-state index in [1.165, 1.54) is 4.90 Å². The number of aryl methyl sites for hydroxylation is 2. The molecule has 3 aromatic carbocycles. The van der Waals surface area contributed by atoms with Gasteiger partial charge in [0, 0.05) is 12.6 Å². The highest BCUT2D eigenvalue weighted by molar-refractivity contribution is 7.92. The van der Waals surface area contributed by atoms with Gasteiger partial charge in [0.1, 0.15) is 12.6 Å². The molecule has 0 aliphatic rings. The van der Waals surface area contributed by atoms with Crippen molar-refractivity contribution in [3.8, 4) is 0 Å². The fraction of sp³-hybridized carbons (Fsp3) is 0.355. The molecule has 0 fully saturated rings. The molecule has 0 saturated carbocycles. The fourth-order valence-corrected chi connectivity index (χ4v) is 5.63. The van der Waals surface area contributed by atoms with E-state index in [9.17, 15) is 18.0 Å². The number of anilines is 1. The normalized spacial score (nSPS) is 12.8. The van der Waals surface area contributed by atoms with Gasteiger partial charge in [-0.25, -0.2) is 8.42 Å². The van der Waals surface area contributed by atoms with Crippen molar-refractivity contribution in [1.82, 2.24) is 10.2 Å². The van der Waals surface area contributed by atoms with Gasteiger partial charge in [0.15, 0.2) is 0 Å². The first kappa shape index (κ1) is 29.9. The first-order valence-corrected chi connectivity index (χ1v) is 14.8. The average molecular weight is 550 g/mol. The molecule has 1 N–H and O–H groups in total. The second kappa shape index (κ2) is 13.4. The maximum atomic E-state index is 14.0. The van der Waals surface area contributed by atoms with Crippen LogP contribution in [0.15, 0.2) is 83.8 Å². The Kier molecular flexibility index (Phi) is 10.3. The highest BCUT2D eigenvalue weighted by Gasteiger charge is 2.33. The predicted octanol–water partition coefficient (Wildman–Crippen LogP) is 5.22. The summed E-state index contributed by atoms with van der Waals surface area (Å²) in [4.78, 5) is 28.9. The van der Waals surface area contributed by atoms with E-state index >= 15 is 0 Å². The van der Waals surface area contributed by atoms with Gasteiger partial charge in [-0.3, -0.25) is 13.9 Å². The third kappa shape index (κ3) is 7.69. The molecule has 0 aromatic heterocycles. The van der Waals surface area contributed by atoms with Gasteiger partial charge in [-0.2, -0.15) is 0 Å². The van der Waals surface area contributed by atoms with Crippen LogP contribution in [0.3, 0.4) is 0 Å². The van der Waals surface area contributed by atoms with Crippen molar-refractivity contribution in [2.24, 2.45) is 0 Å². The van der Waals surface area contributed by atoms with Crippen molar-refractivity contribution >= 4 is 27.5 Å². The molecule has 2 atom stereocenters. The van der Waals surface area contributed by atoms with Gasteiger partial charge in [0.25, 0.3) is 10.0 Å². The number of carbonyl (C=O) groups excluding carboxylic acids is 2. The zero-order chi connectivity index (χ0) is 28.6. The lowest BCUT2D eigenvalue weighted by Gasteiger charge is -2.33. The maximum Gasteiger partial charge on any atom is 0.264 e. The predicted molar refractivity (Wildman–Crippen MR) is 156 cm³/mol. The molecule has 208 valence electrons. The number of amides is 2. The molecule has 0 heterocycles. The van der Waals surface area contributed by atoms with Gasteiger partial charge in [0.05, 0.1) is 10.6 Å². The van der Waals surface area contributed by atoms with Crippen LogP contribution in [0.2, 0.25) is 0 Å². The Morgan fingerprint density at radius 3 is 1.92 bits per heavy atom. The molecule has 0 radical (unpaired) electrons. The fourth-order valence-electron chi connectivity index (χ4n) is 4.22. The molecule has 0 aliphatic carbocycles. The van der Waals surface area contributed by atoms with Gasteiger partial charge in [-0.1, -0.05) is 79.6 Å². The summed E-state index contributed by atoms with van der Waals surface area (Å²) in [7, 11) is -4.08. The van der Waals surface area contributed by atoms with Crippen molar-refractivity contribution in [1.29, 1.82) is 0 Å². The maximum absolute atomic E-state index is 14.0. The molecule has 39 heavy (non-hydrogen) atoms. The minimum absolute atomic E-state index is 0.0498. The van der Waals surface area contributed by atoms with Gasteiger partial charge >= 0.3 is 0 Å². The van der Waals surface area contributed by atoms with E-state index in [1.54, 1.807) is 36.4 Å². The van der Waals surface area contributed by atoms with Crippen LogP contribution in [0.5, 0.6) is 0 Å². The van der Waals surface area contributed by atoms with Crippen LogP contribution < -0.4 is 9.62 Å². The van der Waals surface area contributed by atoms with E-state index in [4.69, 9.17) is 0 Å². The zero-order valence-electron chi connectivity index (χ0n) is 23.4. The highest BCUT2D eigenvalue weighted by atomic mass is 32.2. The van der Waals surface area contributed by atoms with Crippen molar-refractivity contribution in [2.75, 3.05) is 10.8 Å². The van der Waals surface area contributed by atoms with E-state index in [0.29, 0.717) is 12.1 Å². The molecule has 8 heteroatoms. The summed E-state index contributed by atoms with van der Waals surface area (Å²) in [5.74, 6) is -0.708. The van der Waals surface area contributed by atoms with E-state index in [-0.39, 0.29) is 23.4 Å². The van der Waals surface area contributed by atoms with Crippen LogP contribution in [0.1, 0.15) is 50.3 Å². The summed E-state index contributed by atoms with van der Waals surface area (Å²) >= 11 is 0. The number of hydrogen-bond donors (Lipinski definition) is 1. The van der Waals surface area contributed by atoms with Crippen molar-refractivity contribution < 1.29 is 18.0 Å². The molecule has 0 bridgehead atoms. The Morgan fingerprint density at radius 1 is 0.821 bits per heavy atom. The molecule has 0 spiro atoms. The van der Waals surface area contributed by atoms with E-state index in [2.05, 4.69) is 5.32 Å². The summed E-state index contributed by atoms with van der Waals surface area (Å²) in [5.41, 5.74) is 3.13. The Morgan fingerprint density at radius 2 is 1.38 bits per heavy atom. The van der Waals surface area contributed by atoms with Crippen LogP contribution in [0, 0.1) is 13.8 Å².